The van der Waals surface area contributed by atoms with Crippen LogP contribution in [0.25, 0.3) is 0 Å². The van der Waals surface area contributed by atoms with E-state index in [2.05, 4.69) is 19.2 Å². The van der Waals surface area contributed by atoms with E-state index >= 15 is 0 Å². The van der Waals surface area contributed by atoms with Gasteiger partial charge in [-0.15, -0.1) is 0 Å². The molecule has 2 amide bonds. The summed E-state index contributed by atoms with van der Waals surface area (Å²) in [6.45, 7) is 10.4. The Bertz CT molecular complexity index is 795. The number of hydrogen-bond donors (Lipinski definition) is 1. The van der Waals surface area contributed by atoms with Gasteiger partial charge in [0.1, 0.15) is 6.04 Å². The zero-order valence-electron chi connectivity index (χ0n) is 17.3. The number of hydrogen-bond acceptors (Lipinski definition) is 4. The standard InChI is InChI=1S/C20H31N3O4S/c1-14(2)17-6-8-18(9-7-17)28(26,27)23-12-10-22(11-13-23)20(25)19(15(3)4)21-16(5)24/h6-9,14-15,19H,10-13H2,1-5H3,(H,21,24). The summed E-state index contributed by atoms with van der Waals surface area (Å²) < 4.78 is 27.2. The number of rotatable bonds is 6. The van der Waals surface area contributed by atoms with Crippen molar-refractivity contribution in [1.29, 1.82) is 0 Å². The van der Waals surface area contributed by atoms with Crippen molar-refractivity contribution in [2.75, 3.05) is 26.2 Å². The maximum atomic E-state index is 12.9. The first-order chi connectivity index (χ1) is 13.0. The molecule has 2 rings (SSSR count). The molecule has 1 aliphatic heterocycles. The number of sulfonamides is 1. The minimum absolute atomic E-state index is 0.0439. The molecule has 1 fully saturated rings. The lowest BCUT2D eigenvalue weighted by atomic mass is 10.0. The fourth-order valence-electron chi connectivity index (χ4n) is 3.25. The summed E-state index contributed by atoms with van der Waals surface area (Å²) >= 11 is 0. The van der Waals surface area contributed by atoms with Crippen molar-refractivity contribution < 1.29 is 18.0 Å². The average Bonchev–Trinajstić information content (AvgIpc) is 2.65. The van der Waals surface area contributed by atoms with Gasteiger partial charge in [-0.1, -0.05) is 39.8 Å². The number of amides is 2. The van der Waals surface area contributed by atoms with Crippen molar-refractivity contribution in [3.8, 4) is 0 Å². The van der Waals surface area contributed by atoms with Crippen LogP contribution in [0.3, 0.4) is 0 Å². The van der Waals surface area contributed by atoms with Gasteiger partial charge in [0.25, 0.3) is 0 Å². The Morgan fingerprint density at radius 2 is 1.50 bits per heavy atom. The molecule has 0 aromatic heterocycles. The van der Waals surface area contributed by atoms with E-state index in [1.165, 1.54) is 11.2 Å². The number of benzene rings is 1. The summed E-state index contributed by atoms with van der Waals surface area (Å²) in [6, 6.07) is 6.39. The molecule has 1 aromatic carbocycles. The number of carbonyl (C=O) groups is 2. The lowest BCUT2D eigenvalue weighted by Crippen LogP contribution is -2.56. The van der Waals surface area contributed by atoms with Gasteiger partial charge in [-0.2, -0.15) is 4.31 Å². The van der Waals surface area contributed by atoms with E-state index in [9.17, 15) is 18.0 Å². The van der Waals surface area contributed by atoms with Gasteiger partial charge in [-0.05, 0) is 29.5 Å². The van der Waals surface area contributed by atoms with Gasteiger partial charge in [0.15, 0.2) is 0 Å². The van der Waals surface area contributed by atoms with Crippen molar-refractivity contribution in [2.45, 2.75) is 51.5 Å². The Kier molecular flexibility index (Phi) is 7.22. The molecule has 8 heteroatoms. The lowest BCUT2D eigenvalue weighted by Gasteiger charge is -2.36. The van der Waals surface area contributed by atoms with Crippen LogP contribution in [-0.4, -0.2) is 61.7 Å². The Balaban J connectivity index is 2.05. The molecule has 0 radical (unpaired) electrons. The molecule has 156 valence electrons. The first-order valence-corrected chi connectivity index (χ1v) is 11.1. The van der Waals surface area contributed by atoms with Crippen LogP contribution in [0.1, 0.15) is 46.1 Å². The third-order valence-electron chi connectivity index (χ3n) is 5.03. The topological polar surface area (TPSA) is 86.8 Å². The zero-order valence-corrected chi connectivity index (χ0v) is 18.1. The zero-order chi connectivity index (χ0) is 21.1. The molecule has 1 atom stereocenters. The molecule has 1 heterocycles. The van der Waals surface area contributed by atoms with Gasteiger partial charge in [0, 0.05) is 33.1 Å². The van der Waals surface area contributed by atoms with E-state index in [-0.39, 0.29) is 35.7 Å². The third kappa shape index (κ3) is 5.11. The normalized spacial score (nSPS) is 17.0. The van der Waals surface area contributed by atoms with Crippen LogP contribution in [0.15, 0.2) is 29.2 Å². The average molecular weight is 410 g/mol. The molecule has 0 aliphatic carbocycles. The van der Waals surface area contributed by atoms with Crippen LogP contribution < -0.4 is 5.32 Å². The molecule has 1 unspecified atom stereocenters. The highest BCUT2D eigenvalue weighted by Gasteiger charge is 2.33. The summed E-state index contributed by atoms with van der Waals surface area (Å²) in [6.07, 6.45) is 0. The van der Waals surface area contributed by atoms with Crippen molar-refractivity contribution in [3.63, 3.8) is 0 Å². The smallest absolute Gasteiger partial charge is 0.245 e. The Morgan fingerprint density at radius 3 is 1.93 bits per heavy atom. The van der Waals surface area contributed by atoms with E-state index in [0.717, 1.165) is 5.56 Å². The maximum absolute atomic E-state index is 12.9. The van der Waals surface area contributed by atoms with Gasteiger partial charge in [0.05, 0.1) is 4.90 Å². The van der Waals surface area contributed by atoms with E-state index in [1.54, 1.807) is 17.0 Å². The van der Waals surface area contributed by atoms with Crippen molar-refractivity contribution in [2.24, 2.45) is 5.92 Å². The summed E-state index contributed by atoms with van der Waals surface area (Å²) in [5, 5.41) is 2.70. The second-order valence-corrected chi connectivity index (χ2v) is 9.81. The van der Waals surface area contributed by atoms with Crippen LogP contribution in [0, 0.1) is 5.92 Å². The fraction of sp³-hybridized carbons (Fsp3) is 0.600. The molecular weight excluding hydrogens is 378 g/mol. The van der Waals surface area contributed by atoms with Gasteiger partial charge in [-0.25, -0.2) is 8.42 Å². The first-order valence-electron chi connectivity index (χ1n) is 9.70. The molecule has 1 aromatic rings. The highest BCUT2D eigenvalue weighted by Crippen LogP contribution is 2.21. The van der Waals surface area contributed by atoms with E-state index in [4.69, 9.17) is 0 Å². The SMILES string of the molecule is CC(=O)NC(C(=O)N1CCN(S(=O)(=O)c2ccc(C(C)C)cc2)CC1)C(C)C. The second kappa shape index (κ2) is 9.05. The van der Waals surface area contributed by atoms with Gasteiger partial charge < -0.3 is 10.2 Å². The Morgan fingerprint density at radius 1 is 0.964 bits per heavy atom. The van der Waals surface area contributed by atoms with Gasteiger partial charge in [0.2, 0.25) is 21.8 Å². The van der Waals surface area contributed by atoms with Crippen LogP contribution in [0.5, 0.6) is 0 Å². The first kappa shape index (κ1) is 22.4. The molecule has 1 saturated heterocycles. The van der Waals surface area contributed by atoms with E-state index < -0.39 is 16.1 Å². The summed E-state index contributed by atoms with van der Waals surface area (Å²) in [4.78, 5) is 26.0. The van der Waals surface area contributed by atoms with Crippen LogP contribution in [0.2, 0.25) is 0 Å². The number of piperazine rings is 1. The number of nitrogens with zero attached hydrogens (tertiary/aromatic N) is 2. The minimum atomic E-state index is -3.58. The van der Waals surface area contributed by atoms with Crippen LogP contribution >= 0.6 is 0 Å². The lowest BCUT2D eigenvalue weighted by molar-refractivity contribution is -0.138. The van der Waals surface area contributed by atoms with Gasteiger partial charge in [-0.3, -0.25) is 9.59 Å². The molecule has 1 N–H and O–H groups in total. The number of nitrogens with one attached hydrogen (secondary N) is 1. The van der Waals surface area contributed by atoms with Crippen molar-refractivity contribution >= 4 is 21.8 Å². The minimum Gasteiger partial charge on any atom is -0.344 e. The largest absolute Gasteiger partial charge is 0.344 e. The molecule has 7 nitrogen and oxygen atoms in total. The second-order valence-electron chi connectivity index (χ2n) is 7.88. The van der Waals surface area contributed by atoms with Crippen molar-refractivity contribution in [3.05, 3.63) is 29.8 Å². The van der Waals surface area contributed by atoms with E-state index in [1.807, 2.05) is 26.0 Å². The molecular formula is C20H31N3O4S. The Hall–Kier alpha value is -1.93. The molecule has 0 spiro atoms. The maximum Gasteiger partial charge on any atom is 0.245 e. The summed E-state index contributed by atoms with van der Waals surface area (Å²) in [5.41, 5.74) is 1.09. The highest BCUT2D eigenvalue weighted by molar-refractivity contribution is 7.89. The fourth-order valence-corrected chi connectivity index (χ4v) is 4.67. The molecule has 0 saturated carbocycles. The Labute approximate surface area is 168 Å². The molecule has 1 aliphatic rings. The third-order valence-corrected chi connectivity index (χ3v) is 6.94. The predicted molar refractivity (Wildman–Crippen MR) is 108 cm³/mol. The molecule has 28 heavy (non-hydrogen) atoms. The monoisotopic (exact) mass is 409 g/mol. The molecule has 0 bridgehead atoms. The van der Waals surface area contributed by atoms with E-state index in [0.29, 0.717) is 19.0 Å². The predicted octanol–water partition coefficient (Wildman–Crippen LogP) is 1.80. The van der Waals surface area contributed by atoms with Crippen LogP contribution in [0.4, 0.5) is 0 Å². The quantitative estimate of drug-likeness (QED) is 0.776. The van der Waals surface area contributed by atoms with Crippen LogP contribution in [-0.2, 0) is 19.6 Å². The summed E-state index contributed by atoms with van der Waals surface area (Å²) in [7, 11) is -3.58. The van der Waals surface area contributed by atoms with Gasteiger partial charge >= 0.3 is 0 Å². The number of carbonyl (C=O) groups excluding carboxylic acids is 2. The highest BCUT2D eigenvalue weighted by atomic mass is 32.2. The summed E-state index contributed by atoms with van der Waals surface area (Å²) in [5.74, 6) is -0.122. The van der Waals surface area contributed by atoms with Crippen molar-refractivity contribution in [1.82, 2.24) is 14.5 Å².